The van der Waals surface area contributed by atoms with Gasteiger partial charge < -0.3 is 5.73 Å². The van der Waals surface area contributed by atoms with Crippen molar-refractivity contribution in [3.8, 4) is 0 Å². The lowest BCUT2D eigenvalue weighted by molar-refractivity contribution is 1.07. The molecule has 0 saturated heterocycles. The van der Waals surface area contributed by atoms with Crippen LogP contribution in [0.5, 0.6) is 0 Å². The van der Waals surface area contributed by atoms with E-state index in [1.165, 1.54) is 12.4 Å². The topological polar surface area (TPSA) is 54.7 Å². The summed E-state index contributed by atoms with van der Waals surface area (Å²) in [6.07, 6.45) is 0. The summed E-state index contributed by atoms with van der Waals surface area (Å²) in [6, 6.07) is 8.07. The molecule has 0 aliphatic carbocycles. The zero-order chi connectivity index (χ0) is 8.97. The van der Waals surface area contributed by atoms with Crippen molar-refractivity contribution in [2.24, 2.45) is 5.73 Å². The number of nitrogens with one attached hydrogen (secondary N) is 1. The fourth-order valence-electron chi connectivity index (χ4n) is 1.09. The van der Waals surface area contributed by atoms with E-state index in [2.05, 4.69) is 22.0 Å². The molecule has 2 rings (SSSR count). The predicted octanol–water partition coefficient (Wildman–Crippen LogP) is 1.45. The molecule has 3 heteroatoms. The van der Waals surface area contributed by atoms with Gasteiger partial charge in [-0.2, -0.15) is 5.10 Å². The fraction of sp³-hybridized carbons (Fsp3) is 0.222. The van der Waals surface area contributed by atoms with Crippen molar-refractivity contribution < 1.29 is 0 Å². The fourth-order valence-corrected chi connectivity index (χ4v) is 1.09. The summed E-state index contributed by atoms with van der Waals surface area (Å²) in [5, 5.41) is 8.23. The third-order valence-corrected chi connectivity index (χ3v) is 1.65. The van der Waals surface area contributed by atoms with Crippen molar-refractivity contribution in [3.05, 3.63) is 30.0 Å². The standard InChI is InChI=1S/C8H8N2.CH5N/c1-6-7-4-2-3-5-8(7)10-9-6;1-2/h2-5H,1H3,(H,9,10);2H2,1H3. The number of hydrogen-bond donors (Lipinski definition) is 2. The highest BCUT2D eigenvalue weighted by Crippen LogP contribution is 2.12. The normalized spacial score (nSPS) is 9.25. The Morgan fingerprint density at radius 3 is 2.58 bits per heavy atom. The van der Waals surface area contributed by atoms with Crippen molar-refractivity contribution in [2.45, 2.75) is 6.92 Å². The Hall–Kier alpha value is -1.35. The van der Waals surface area contributed by atoms with Crippen LogP contribution in [0.3, 0.4) is 0 Å². The van der Waals surface area contributed by atoms with Gasteiger partial charge in [-0.15, -0.1) is 0 Å². The first-order valence-corrected chi connectivity index (χ1v) is 3.85. The number of nitrogens with zero attached hydrogens (tertiary/aromatic N) is 1. The van der Waals surface area contributed by atoms with E-state index in [9.17, 15) is 0 Å². The van der Waals surface area contributed by atoms with E-state index >= 15 is 0 Å². The van der Waals surface area contributed by atoms with Crippen molar-refractivity contribution >= 4 is 10.9 Å². The molecule has 1 aromatic heterocycles. The maximum absolute atomic E-state index is 4.50. The second kappa shape index (κ2) is 3.88. The van der Waals surface area contributed by atoms with Gasteiger partial charge in [-0.3, -0.25) is 5.10 Å². The molecule has 1 heterocycles. The van der Waals surface area contributed by atoms with Crippen molar-refractivity contribution in [1.29, 1.82) is 0 Å². The summed E-state index contributed by atoms with van der Waals surface area (Å²) in [4.78, 5) is 0. The summed E-state index contributed by atoms with van der Waals surface area (Å²) in [7, 11) is 1.50. The molecule has 1 aromatic carbocycles. The van der Waals surface area contributed by atoms with E-state index in [0.29, 0.717) is 0 Å². The van der Waals surface area contributed by atoms with E-state index in [-0.39, 0.29) is 0 Å². The van der Waals surface area contributed by atoms with E-state index < -0.39 is 0 Å². The molecule has 0 bridgehead atoms. The Balaban J connectivity index is 0.000000336. The lowest BCUT2D eigenvalue weighted by Gasteiger charge is -1.84. The van der Waals surface area contributed by atoms with Gasteiger partial charge >= 0.3 is 0 Å². The summed E-state index contributed by atoms with van der Waals surface area (Å²) < 4.78 is 0. The molecule has 2 aromatic rings. The van der Waals surface area contributed by atoms with E-state index in [0.717, 1.165) is 11.2 Å². The maximum Gasteiger partial charge on any atom is 0.0923 e. The predicted molar refractivity (Wildman–Crippen MR) is 50.9 cm³/mol. The first kappa shape index (κ1) is 8.74. The molecule has 0 radical (unpaired) electrons. The second-order valence-electron chi connectivity index (χ2n) is 2.37. The number of rotatable bonds is 0. The van der Waals surface area contributed by atoms with Crippen LogP contribution in [0.2, 0.25) is 0 Å². The number of aromatic nitrogens is 2. The van der Waals surface area contributed by atoms with Crippen LogP contribution in [-0.2, 0) is 0 Å². The van der Waals surface area contributed by atoms with E-state index in [4.69, 9.17) is 0 Å². The van der Waals surface area contributed by atoms with Gasteiger partial charge in [0, 0.05) is 11.1 Å². The molecule has 0 fully saturated rings. The Labute approximate surface area is 71.6 Å². The zero-order valence-electron chi connectivity index (χ0n) is 7.33. The van der Waals surface area contributed by atoms with Crippen LogP contribution < -0.4 is 5.73 Å². The SMILES string of the molecule is CN.Cc1[nH]nc2ccccc12. The van der Waals surface area contributed by atoms with Crippen LogP contribution in [-0.4, -0.2) is 17.2 Å². The van der Waals surface area contributed by atoms with Crippen LogP contribution in [0.15, 0.2) is 24.3 Å². The van der Waals surface area contributed by atoms with Gasteiger partial charge in [0.2, 0.25) is 0 Å². The molecule has 0 unspecified atom stereocenters. The largest absolute Gasteiger partial charge is 0.333 e. The maximum atomic E-state index is 4.50. The summed E-state index contributed by atoms with van der Waals surface area (Å²) in [6.45, 7) is 2.02. The Kier molecular flexibility index (Phi) is 2.82. The smallest absolute Gasteiger partial charge is 0.0923 e. The minimum absolute atomic E-state index is 1.04. The van der Waals surface area contributed by atoms with E-state index in [1.807, 2.05) is 25.1 Å². The number of hydrogen-bond acceptors (Lipinski definition) is 2. The molecule has 0 atom stereocenters. The molecule has 0 aliphatic rings. The zero-order valence-corrected chi connectivity index (χ0v) is 7.33. The van der Waals surface area contributed by atoms with Gasteiger partial charge in [0.25, 0.3) is 0 Å². The molecule has 3 nitrogen and oxygen atoms in total. The van der Waals surface area contributed by atoms with E-state index in [1.54, 1.807) is 0 Å². The highest BCUT2D eigenvalue weighted by molar-refractivity contribution is 5.80. The number of benzene rings is 1. The molecule has 0 spiro atoms. The van der Waals surface area contributed by atoms with Gasteiger partial charge in [-0.25, -0.2) is 0 Å². The average molecular weight is 163 g/mol. The molecular weight excluding hydrogens is 150 g/mol. The summed E-state index contributed by atoms with van der Waals surface area (Å²) >= 11 is 0. The van der Waals surface area contributed by atoms with Crippen LogP contribution in [0.1, 0.15) is 5.69 Å². The molecule has 0 saturated carbocycles. The Morgan fingerprint density at radius 2 is 1.92 bits per heavy atom. The van der Waals surface area contributed by atoms with Gasteiger partial charge in [-0.1, -0.05) is 18.2 Å². The molecule has 12 heavy (non-hydrogen) atoms. The third kappa shape index (κ3) is 1.46. The first-order valence-electron chi connectivity index (χ1n) is 3.85. The average Bonchev–Trinajstić information content (AvgIpc) is 2.53. The summed E-state index contributed by atoms with van der Waals surface area (Å²) in [5.74, 6) is 0. The molecule has 0 amide bonds. The molecule has 0 aliphatic heterocycles. The van der Waals surface area contributed by atoms with Crippen molar-refractivity contribution in [2.75, 3.05) is 7.05 Å². The molecular formula is C9H13N3. The number of aryl methyl sites for hydroxylation is 1. The third-order valence-electron chi connectivity index (χ3n) is 1.65. The quantitative estimate of drug-likeness (QED) is 0.617. The highest BCUT2D eigenvalue weighted by Gasteiger charge is 1.96. The second-order valence-corrected chi connectivity index (χ2v) is 2.37. The monoisotopic (exact) mass is 163 g/mol. The number of nitrogens with two attached hydrogens (primary N) is 1. The van der Waals surface area contributed by atoms with Gasteiger partial charge in [0.15, 0.2) is 0 Å². The van der Waals surface area contributed by atoms with Gasteiger partial charge in [-0.05, 0) is 20.0 Å². The minimum Gasteiger partial charge on any atom is -0.333 e. The molecule has 3 N–H and O–H groups in total. The highest BCUT2D eigenvalue weighted by atomic mass is 15.1. The minimum atomic E-state index is 1.04. The number of H-pyrrole nitrogens is 1. The van der Waals surface area contributed by atoms with Crippen molar-refractivity contribution in [1.82, 2.24) is 10.2 Å². The number of aromatic amines is 1. The van der Waals surface area contributed by atoms with Crippen LogP contribution in [0.4, 0.5) is 0 Å². The van der Waals surface area contributed by atoms with Crippen LogP contribution in [0.25, 0.3) is 10.9 Å². The lowest BCUT2D eigenvalue weighted by Crippen LogP contribution is -1.69. The van der Waals surface area contributed by atoms with Gasteiger partial charge in [0.05, 0.1) is 5.52 Å². The van der Waals surface area contributed by atoms with Crippen LogP contribution in [0, 0.1) is 6.92 Å². The number of fused-ring (bicyclic) bond motifs is 1. The van der Waals surface area contributed by atoms with Crippen molar-refractivity contribution in [3.63, 3.8) is 0 Å². The van der Waals surface area contributed by atoms with Crippen LogP contribution >= 0.6 is 0 Å². The Bertz CT molecular complexity index is 351. The Morgan fingerprint density at radius 1 is 1.25 bits per heavy atom. The van der Waals surface area contributed by atoms with Gasteiger partial charge in [0.1, 0.15) is 0 Å². The number of para-hydroxylation sites is 1. The molecule has 64 valence electrons. The lowest BCUT2D eigenvalue weighted by atomic mass is 10.2. The summed E-state index contributed by atoms with van der Waals surface area (Å²) in [5.41, 5.74) is 6.68. The first-order chi connectivity index (χ1) is 5.88.